The number of aromatic nitrogens is 2. The van der Waals surface area contributed by atoms with Crippen LogP contribution in [0.3, 0.4) is 0 Å². The van der Waals surface area contributed by atoms with Gasteiger partial charge in [-0.05, 0) is 32.1 Å². The highest BCUT2D eigenvalue weighted by Gasteiger charge is 2.25. The van der Waals surface area contributed by atoms with E-state index >= 15 is 0 Å². The van der Waals surface area contributed by atoms with Crippen molar-refractivity contribution in [1.82, 2.24) is 15.3 Å². The van der Waals surface area contributed by atoms with Gasteiger partial charge in [-0.25, -0.2) is 9.97 Å². The molecular formula is C20H33N5O2. The Morgan fingerprint density at radius 3 is 2.37 bits per heavy atom. The number of rotatable bonds is 7. The Kier molecular flexibility index (Phi) is 7.68. The molecule has 3 heterocycles. The SMILES string of the molecule is COCCCNC(=O)C1CCN(c2cnc(N3CCCCCC3)nc2)CC1. The van der Waals surface area contributed by atoms with Gasteiger partial charge in [-0.1, -0.05) is 12.8 Å². The van der Waals surface area contributed by atoms with E-state index in [0.29, 0.717) is 13.2 Å². The fourth-order valence-corrected chi connectivity index (χ4v) is 3.88. The third-order valence-corrected chi connectivity index (χ3v) is 5.57. The van der Waals surface area contributed by atoms with Crippen molar-refractivity contribution in [2.45, 2.75) is 44.9 Å². The smallest absolute Gasteiger partial charge is 0.225 e. The number of carbonyl (C=O) groups excluding carboxylic acids is 1. The molecule has 0 radical (unpaired) electrons. The summed E-state index contributed by atoms with van der Waals surface area (Å²) < 4.78 is 5.01. The average molecular weight is 376 g/mol. The molecule has 1 aromatic heterocycles. The van der Waals surface area contributed by atoms with Crippen molar-refractivity contribution in [1.29, 1.82) is 0 Å². The number of nitrogens with zero attached hydrogens (tertiary/aromatic N) is 4. The Bertz CT molecular complexity index is 564. The van der Waals surface area contributed by atoms with Gasteiger partial charge in [-0.15, -0.1) is 0 Å². The predicted molar refractivity (Wildman–Crippen MR) is 107 cm³/mol. The van der Waals surface area contributed by atoms with Crippen LogP contribution in [0.1, 0.15) is 44.9 Å². The van der Waals surface area contributed by atoms with Gasteiger partial charge in [-0.3, -0.25) is 4.79 Å². The van der Waals surface area contributed by atoms with E-state index < -0.39 is 0 Å². The van der Waals surface area contributed by atoms with Gasteiger partial charge in [0.2, 0.25) is 11.9 Å². The average Bonchev–Trinajstić information content (AvgIpc) is 3.01. The van der Waals surface area contributed by atoms with Crippen LogP contribution in [0.4, 0.5) is 11.6 Å². The van der Waals surface area contributed by atoms with Gasteiger partial charge in [0.1, 0.15) is 0 Å². The quantitative estimate of drug-likeness (QED) is 0.737. The molecule has 0 saturated carbocycles. The molecule has 1 N–H and O–H groups in total. The van der Waals surface area contributed by atoms with E-state index in [9.17, 15) is 4.79 Å². The molecule has 0 atom stereocenters. The molecule has 3 rings (SSSR count). The zero-order valence-corrected chi connectivity index (χ0v) is 16.5. The second-order valence-electron chi connectivity index (χ2n) is 7.54. The fourth-order valence-electron chi connectivity index (χ4n) is 3.88. The van der Waals surface area contributed by atoms with Crippen LogP contribution in [-0.4, -0.2) is 62.3 Å². The van der Waals surface area contributed by atoms with E-state index in [2.05, 4.69) is 25.1 Å². The lowest BCUT2D eigenvalue weighted by atomic mass is 9.95. The first-order chi connectivity index (χ1) is 13.3. The van der Waals surface area contributed by atoms with E-state index in [0.717, 1.165) is 57.1 Å². The lowest BCUT2D eigenvalue weighted by molar-refractivity contribution is -0.125. The molecule has 0 aliphatic carbocycles. The van der Waals surface area contributed by atoms with E-state index in [4.69, 9.17) is 4.74 Å². The number of piperidine rings is 1. The molecule has 0 bridgehead atoms. The van der Waals surface area contributed by atoms with E-state index in [1.165, 1.54) is 25.7 Å². The molecule has 27 heavy (non-hydrogen) atoms. The second-order valence-corrected chi connectivity index (χ2v) is 7.54. The minimum Gasteiger partial charge on any atom is -0.385 e. The minimum atomic E-state index is 0.112. The summed E-state index contributed by atoms with van der Waals surface area (Å²) in [5.41, 5.74) is 1.06. The van der Waals surface area contributed by atoms with Crippen LogP contribution in [-0.2, 0) is 9.53 Å². The number of methoxy groups -OCH3 is 1. The number of ether oxygens (including phenoxy) is 1. The summed E-state index contributed by atoms with van der Waals surface area (Å²) in [4.78, 5) is 26.1. The highest BCUT2D eigenvalue weighted by molar-refractivity contribution is 5.78. The number of nitrogens with one attached hydrogen (secondary N) is 1. The van der Waals surface area contributed by atoms with E-state index in [1.807, 2.05) is 12.4 Å². The number of anilines is 2. The topological polar surface area (TPSA) is 70.6 Å². The Balaban J connectivity index is 1.45. The summed E-state index contributed by atoms with van der Waals surface area (Å²) >= 11 is 0. The summed E-state index contributed by atoms with van der Waals surface area (Å²) in [5.74, 6) is 1.14. The molecule has 150 valence electrons. The zero-order valence-electron chi connectivity index (χ0n) is 16.5. The molecule has 2 aliphatic rings. The minimum absolute atomic E-state index is 0.112. The van der Waals surface area contributed by atoms with Crippen LogP contribution in [0.2, 0.25) is 0 Å². The molecule has 0 unspecified atom stereocenters. The number of carbonyl (C=O) groups is 1. The standard InChI is InChI=1S/C20H33N5O2/c1-27-14-6-9-21-19(26)17-7-12-24(13-8-17)18-15-22-20(23-16-18)25-10-4-2-3-5-11-25/h15-17H,2-14H2,1H3,(H,21,26). The highest BCUT2D eigenvalue weighted by atomic mass is 16.5. The van der Waals surface area contributed by atoms with Crippen molar-refractivity contribution >= 4 is 17.5 Å². The monoisotopic (exact) mass is 375 g/mol. The van der Waals surface area contributed by atoms with Crippen LogP contribution in [0, 0.1) is 5.92 Å². The van der Waals surface area contributed by atoms with Crippen LogP contribution in [0.25, 0.3) is 0 Å². The molecule has 1 aromatic rings. The third kappa shape index (κ3) is 5.79. The molecule has 1 amide bonds. The summed E-state index contributed by atoms with van der Waals surface area (Å²) in [6.45, 7) is 5.25. The number of amides is 1. The number of hydrogen-bond donors (Lipinski definition) is 1. The summed E-state index contributed by atoms with van der Waals surface area (Å²) in [6.07, 6.45) is 11.6. The van der Waals surface area contributed by atoms with Gasteiger partial charge in [0.05, 0.1) is 18.1 Å². The molecule has 2 fully saturated rings. The van der Waals surface area contributed by atoms with Crippen molar-refractivity contribution < 1.29 is 9.53 Å². The first-order valence-corrected chi connectivity index (χ1v) is 10.4. The predicted octanol–water partition coefficient (Wildman–Crippen LogP) is 2.23. The maximum Gasteiger partial charge on any atom is 0.225 e. The van der Waals surface area contributed by atoms with Gasteiger partial charge in [0, 0.05) is 52.4 Å². The molecule has 2 aliphatic heterocycles. The maximum absolute atomic E-state index is 12.3. The molecule has 7 heteroatoms. The third-order valence-electron chi connectivity index (χ3n) is 5.57. The second kappa shape index (κ2) is 10.4. The van der Waals surface area contributed by atoms with Crippen molar-refractivity contribution in [3.63, 3.8) is 0 Å². The Morgan fingerprint density at radius 2 is 1.74 bits per heavy atom. The van der Waals surface area contributed by atoms with Crippen LogP contribution >= 0.6 is 0 Å². The zero-order chi connectivity index (χ0) is 18.9. The van der Waals surface area contributed by atoms with Crippen LogP contribution in [0.5, 0.6) is 0 Å². The lowest BCUT2D eigenvalue weighted by Crippen LogP contribution is -2.41. The normalized spacial score (nSPS) is 19.0. The highest BCUT2D eigenvalue weighted by Crippen LogP contribution is 2.24. The maximum atomic E-state index is 12.3. The van der Waals surface area contributed by atoms with Gasteiger partial charge in [0.15, 0.2) is 0 Å². The van der Waals surface area contributed by atoms with Gasteiger partial charge in [0.25, 0.3) is 0 Å². The first kappa shape index (κ1) is 19.9. The Labute approximate surface area is 162 Å². The van der Waals surface area contributed by atoms with Gasteiger partial charge >= 0.3 is 0 Å². The fraction of sp³-hybridized carbons (Fsp3) is 0.750. The number of hydrogen-bond acceptors (Lipinski definition) is 6. The van der Waals surface area contributed by atoms with Gasteiger partial charge < -0.3 is 19.9 Å². The van der Waals surface area contributed by atoms with Crippen LogP contribution in [0.15, 0.2) is 12.4 Å². The van der Waals surface area contributed by atoms with Crippen molar-refractivity contribution in [2.24, 2.45) is 5.92 Å². The first-order valence-electron chi connectivity index (χ1n) is 10.4. The van der Waals surface area contributed by atoms with Gasteiger partial charge in [-0.2, -0.15) is 0 Å². The van der Waals surface area contributed by atoms with E-state index in [-0.39, 0.29) is 11.8 Å². The van der Waals surface area contributed by atoms with Crippen molar-refractivity contribution in [2.75, 3.05) is 56.2 Å². The lowest BCUT2D eigenvalue weighted by Gasteiger charge is -2.32. The molecular weight excluding hydrogens is 342 g/mol. The van der Waals surface area contributed by atoms with E-state index in [1.54, 1.807) is 7.11 Å². The van der Waals surface area contributed by atoms with Crippen LogP contribution < -0.4 is 15.1 Å². The largest absolute Gasteiger partial charge is 0.385 e. The summed E-state index contributed by atoms with van der Waals surface area (Å²) in [7, 11) is 1.68. The summed E-state index contributed by atoms with van der Waals surface area (Å²) in [5, 5.41) is 3.02. The Hall–Kier alpha value is -1.89. The molecule has 0 spiro atoms. The molecule has 7 nitrogen and oxygen atoms in total. The van der Waals surface area contributed by atoms with Crippen molar-refractivity contribution in [3.05, 3.63) is 12.4 Å². The molecule has 2 saturated heterocycles. The molecule has 0 aromatic carbocycles. The summed E-state index contributed by atoms with van der Waals surface area (Å²) in [6, 6.07) is 0. The van der Waals surface area contributed by atoms with Crippen molar-refractivity contribution in [3.8, 4) is 0 Å². The Morgan fingerprint density at radius 1 is 1.07 bits per heavy atom.